The second-order valence-electron chi connectivity index (χ2n) is 7.52. The number of hydrogen-bond donors (Lipinski definition) is 1. The molecule has 1 aromatic heterocycles. The zero-order valence-electron chi connectivity index (χ0n) is 19.0. The van der Waals surface area contributed by atoms with Crippen LogP contribution in [0.2, 0.25) is 5.02 Å². The molecule has 1 heterocycles. The number of carbonyl (C=O) groups excluding carboxylic acids is 1. The predicted molar refractivity (Wildman–Crippen MR) is 142 cm³/mol. The third-order valence-electron chi connectivity index (χ3n) is 5.09. The Morgan fingerprint density at radius 2 is 1.80 bits per heavy atom. The van der Waals surface area contributed by atoms with Crippen molar-refractivity contribution in [2.24, 2.45) is 0 Å². The smallest absolute Gasteiger partial charge is 0.234 e. The summed E-state index contributed by atoms with van der Waals surface area (Å²) >= 11 is 7.24. The summed E-state index contributed by atoms with van der Waals surface area (Å²) in [5.41, 5.74) is 4.33. The van der Waals surface area contributed by atoms with Gasteiger partial charge < -0.3 is 10.1 Å². The Morgan fingerprint density at radius 1 is 1.03 bits per heavy atom. The summed E-state index contributed by atoms with van der Waals surface area (Å²) in [4.78, 5) is 17.4. The third-order valence-corrected chi connectivity index (χ3v) is 6.30. The lowest BCUT2D eigenvalue weighted by atomic mass is 9.99. The highest BCUT2D eigenvalue weighted by Crippen LogP contribution is 2.34. The average molecular weight is 500 g/mol. The van der Waals surface area contributed by atoms with E-state index in [-0.39, 0.29) is 11.7 Å². The number of aromatic nitrogens is 1. The van der Waals surface area contributed by atoms with Gasteiger partial charge in [0, 0.05) is 21.8 Å². The number of hydrogen-bond acceptors (Lipinski definition) is 5. The molecule has 0 spiro atoms. The number of thioether (sulfide) groups is 1. The molecule has 174 valence electrons. The highest BCUT2D eigenvalue weighted by atomic mass is 35.5. The fourth-order valence-corrected chi connectivity index (χ4v) is 4.51. The SMILES string of the molecule is CCOc1ccc(-c2cc(-c3ccccc3)c(C#N)c(SCC(=O)Nc3cccc(Cl)c3)n2)cc1. The van der Waals surface area contributed by atoms with Gasteiger partial charge in [0.25, 0.3) is 0 Å². The van der Waals surface area contributed by atoms with Crippen LogP contribution in [0.25, 0.3) is 22.4 Å². The van der Waals surface area contributed by atoms with Crippen LogP contribution < -0.4 is 10.1 Å². The summed E-state index contributed by atoms with van der Waals surface area (Å²) in [5.74, 6) is 0.658. The van der Waals surface area contributed by atoms with Gasteiger partial charge >= 0.3 is 0 Å². The monoisotopic (exact) mass is 499 g/mol. The van der Waals surface area contributed by atoms with Gasteiger partial charge in [0.05, 0.1) is 23.6 Å². The molecular weight excluding hydrogens is 478 g/mol. The van der Waals surface area contributed by atoms with Gasteiger partial charge in [0.2, 0.25) is 5.91 Å². The van der Waals surface area contributed by atoms with E-state index in [9.17, 15) is 10.1 Å². The fourth-order valence-electron chi connectivity index (χ4n) is 3.51. The number of rotatable bonds is 8. The largest absolute Gasteiger partial charge is 0.494 e. The van der Waals surface area contributed by atoms with Crippen molar-refractivity contribution in [1.82, 2.24) is 4.98 Å². The van der Waals surface area contributed by atoms with Crippen molar-refractivity contribution >= 4 is 35.0 Å². The van der Waals surface area contributed by atoms with Gasteiger partial charge in [-0.05, 0) is 61.0 Å². The number of benzene rings is 3. The second kappa shape index (κ2) is 11.6. The number of nitriles is 1. The molecule has 35 heavy (non-hydrogen) atoms. The van der Waals surface area contributed by atoms with Crippen molar-refractivity contribution < 1.29 is 9.53 Å². The van der Waals surface area contributed by atoms with Gasteiger partial charge in [-0.25, -0.2) is 4.98 Å². The molecule has 0 aliphatic carbocycles. The van der Waals surface area contributed by atoms with Crippen molar-refractivity contribution in [3.05, 3.63) is 95.5 Å². The highest BCUT2D eigenvalue weighted by Gasteiger charge is 2.17. The van der Waals surface area contributed by atoms with Gasteiger partial charge in [0.1, 0.15) is 16.8 Å². The Hall–Kier alpha value is -3.79. The second-order valence-corrected chi connectivity index (χ2v) is 8.92. The van der Waals surface area contributed by atoms with E-state index in [4.69, 9.17) is 21.3 Å². The maximum Gasteiger partial charge on any atom is 0.234 e. The molecule has 1 amide bonds. The minimum Gasteiger partial charge on any atom is -0.494 e. The molecule has 0 radical (unpaired) electrons. The normalized spacial score (nSPS) is 10.4. The molecule has 5 nitrogen and oxygen atoms in total. The molecular formula is C28H22ClN3O2S. The van der Waals surface area contributed by atoms with Crippen LogP contribution in [0.5, 0.6) is 5.75 Å². The summed E-state index contributed by atoms with van der Waals surface area (Å²) < 4.78 is 5.55. The van der Waals surface area contributed by atoms with Gasteiger partial charge in [0.15, 0.2) is 0 Å². The Morgan fingerprint density at radius 3 is 2.49 bits per heavy atom. The van der Waals surface area contributed by atoms with E-state index in [0.717, 1.165) is 22.4 Å². The summed E-state index contributed by atoms with van der Waals surface area (Å²) in [7, 11) is 0. The van der Waals surface area contributed by atoms with Crippen molar-refractivity contribution in [3.63, 3.8) is 0 Å². The van der Waals surface area contributed by atoms with Crippen LogP contribution in [0.3, 0.4) is 0 Å². The summed E-state index contributed by atoms with van der Waals surface area (Å²) in [6, 6.07) is 28.6. The number of amides is 1. The molecule has 4 aromatic rings. The van der Waals surface area contributed by atoms with Crippen molar-refractivity contribution in [2.75, 3.05) is 17.7 Å². The zero-order valence-corrected chi connectivity index (χ0v) is 20.6. The number of carbonyl (C=O) groups is 1. The van der Waals surface area contributed by atoms with E-state index in [1.54, 1.807) is 24.3 Å². The lowest BCUT2D eigenvalue weighted by Crippen LogP contribution is -2.14. The number of anilines is 1. The first-order valence-electron chi connectivity index (χ1n) is 11.0. The van der Waals surface area contributed by atoms with E-state index < -0.39 is 0 Å². The maximum absolute atomic E-state index is 12.6. The molecule has 3 aromatic carbocycles. The van der Waals surface area contributed by atoms with Crippen LogP contribution in [0.4, 0.5) is 5.69 Å². The first kappa shape index (κ1) is 24.3. The van der Waals surface area contributed by atoms with Gasteiger partial charge in [-0.3, -0.25) is 4.79 Å². The fraction of sp³-hybridized carbons (Fsp3) is 0.107. The number of ether oxygens (including phenoxy) is 1. The molecule has 0 aliphatic rings. The van der Waals surface area contributed by atoms with E-state index in [2.05, 4.69) is 11.4 Å². The standard InChI is InChI=1S/C28H22ClN3O2S/c1-2-34-23-13-11-20(12-14-23)26-16-24(19-7-4-3-5-8-19)25(17-30)28(32-26)35-18-27(33)31-22-10-6-9-21(29)15-22/h3-16H,2,18H2,1H3,(H,31,33). The summed E-state index contributed by atoms with van der Waals surface area (Å²) in [6.07, 6.45) is 0. The van der Waals surface area contributed by atoms with E-state index in [1.807, 2.05) is 67.6 Å². The first-order chi connectivity index (χ1) is 17.1. The van der Waals surface area contributed by atoms with E-state index >= 15 is 0 Å². The van der Waals surface area contributed by atoms with Crippen LogP contribution >= 0.6 is 23.4 Å². The Kier molecular flexibility index (Phi) is 8.04. The van der Waals surface area contributed by atoms with E-state index in [1.165, 1.54) is 11.8 Å². The maximum atomic E-state index is 12.6. The molecule has 0 unspecified atom stereocenters. The van der Waals surface area contributed by atoms with Gasteiger partial charge in [-0.2, -0.15) is 5.26 Å². The van der Waals surface area contributed by atoms with Crippen molar-refractivity contribution in [2.45, 2.75) is 11.9 Å². The molecule has 0 atom stereocenters. The van der Waals surface area contributed by atoms with Crippen LogP contribution in [-0.2, 0) is 4.79 Å². The van der Waals surface area contributed by atoms with Gasteiger partial charge in [-0.15, -0.1) is 0 Å². The minimum atomic E-state index is -0.212. The van der Waals surface area contributed by atoms with Crippen LogP contribution in [0.15, 0.2) is 90.0 Å². The molecule has 0 bridgehead atoms. The number of pyridine rings is 1. The van der Waals surface area contributed by atoms with Crippen molar-refractivity contribution in [3.8, 4) is 34.2 Å². The molecule has 7 heteroatoms. The summed E-state index contributed by atoms with van der Waals surface area (Å²) in [6.45, 7) is 2.53. The van der Waals surface area contributed by atoms with Crippen molar-refractivity contribution in [1.29, 1.82) is 5.26 Å². The van der Waals surface area contributed by atoms with E-state index in [0.29, 0.717) is 33.6 Å². The van der Waals surface area contributed by atoms with Crippen LogP contribution in [0.1, 0.15) is 12.5 Å². The Bertz CT molecular complexity index is 1370. The lowest BCUT2D eigenvalue weighted by molar-refractivity contribution is -0.113. The number of nitrogens with zero attached hydrogens (tertiary/aromatic N) is 2. The molecule has 0 aliphatic heterocycles. The van der Waals surface area contributed by atoms with Crippen LogP contribution in [0, 0.1) is 11.3 Å². The third kappa shape index (κ3) is 6.21. The molecule has 0 saturated heterocycles. The quantitative estimate of drug-likeness (QED) is 0.262. The molecule has 4 rings (SSSR count). The topological polar surface area (TPSA) is 75.0 Å². The molecule has 0 fully saturated rings. The summed E-state index contributed by atoms with van der Waals surface area (Å²) in [5, 5.41) is 13.9. The molecule has 0 saturated carbocycles. The highest BCUT2D eigenvalue weighted by molar-refractivity contribution is 8.00. The number of halogens is 1. The Balaban J connectivity index is 1.67. The zero-order chi connectivity index (χ0) is 24.6. The van der Waals surface area contributed by atoms with Crippen LogP contribution in [-0.4, -0.2) is 23.3 Å². The predicted octanol–water partition coefficient (Wildman–Crippen LogP) is 7.07. The first-order valence-corrected chi connectivity index (χ1v) is 12.4. The van der Waals surface area contributed by atoms with Gasteiger partial charge in [-0.1, -0.05) is 59.8 Å². The molecule has 1 N–H and O–H groups in total. The Labute approximate surface area is 213 Å². The minimum absolute atomic E-state index is 0.0924. The lowest BCUT2D eigenvalue weighted by Gasteiger charge is -2.13. The average Bonchev–Trinajstić information content (AvgIpc) is 2.88. The number of nitrogens with one attached hydrogen (secondary N) is 1.